The largest absolute Gasteiger partial charge is 0.435 e. The van der Waals surface area contributed by atoms with Crippen LogP contribution in [0.3, 0.4) is 0 Å². The molecule has 0 N–H and O–H groups in total. The number of rotatable bonds is 7. The first-order valence-corrected chi connectivity index (χ1v) is 9.79. The van der Waals surface area contributed by atoms with Gasteiger partial charge in [-0.25, -0.2) is 8.42 Å². The van der Waals surface area contributed by atoms with Crippen LogP contribution in [0.15, 0.2) is 53.4 Å². The second-order valence-electron chi connectivity index (χ2n) is 6.30. The van der Waals surface area contributed by atoms with Crippen molar-refractivity contribution >= 4 is 15.7 Å². The zero-order valence-corrected chi connectivity index (χ0v) is 16.0. The number of carbonyl (C=O) groups excluding carboxylic acids is 1. The van der Waals surface area contributed by atoms with E-state index in [1.165, 1.54) is 41.3 Å². The Hall–Kier alpha value is -2.48. The summed E-state index contributed by atoms with van der Waals surface area (Å²) in [4.78, 5) is 14.1. The second-order valence-corrected chi connectivity index (χ2v) is 8.81. The Bertz CT molecular complexity index is 879. The molecule has 0 unspecified atom stereocenters. The van der Waals surface area contributed by atoms with Gasteiger partial charge in [-0.15, -0.1) is 0 Å². The number of amides is 1. The molecule has 2 aromatic rings. The quantitative estimate of drug-likeness (QED) is 0.714. The average molecular weight is 397 g/mol. The van der Waals surface area contributed by atoms with E-state index in [4.69, 9.17) is 0 Å². The molecule has 146 valence electrons. The summed E-state index contributed by atoms with van der Waals surface area (Å²) < 4.78 is 52.9. The molecule has 1 amide bonds. The first-order valence-electron chi connectivity index (χ1n) is 8.24. The monoisotopic (exact) mass is 397 g/mol. The van der Waals surface area contributed by atoms with Gasteiger partial charge in [0, 0.05) is 19.2 Å². The van der Waals surface area contributed by atoms with Crippen molar-refractivity contribution in [1.82, 2.24) is 4.90 Å². The number of ether oxygens (including phenoxy) is 1. The molecule has 0 bridgehead atoms. The van der Waals surface area contributed by atoms with Crippen molar-refractivity contribution in [2.75, 3.05) is 7.05 Å². The zero-order valence-electron chi connectivity index (χ0n) is 15.2. The number of sulfone groups is 1. The third-order valence-corrected chi connectivity index (χ3v) is 6.14. The van der Waals surface area contributed by atoms with E-state index in [0.29, 0.717) is 5.56 Å². The molecule has 2 rings (SSSR count). The number of alkyl halides is 2. The number of halogens is 2. The number of nitrogens with zero attached hydrogens (tertiary/aromatic N) is 1. The Morgan fingerprint density at radius 3 is 2.07 bits per heavy atom. The van der Waals surface area contributed by atoms with Crippen LogP contribution in [0.2, 0.25) is 0 Å². The van der Waals surface area contributed by atoms with Gasteiger partial charge in [0.2, 0.25) is 0 Å². The van der Waals surface area contributed by atoms with Crippen molar-refractivity contribution in [3.05, 3.63) is 59.7 Å². The van der Waals surface area contributed by atoms with Crippen molar-refractivity contribution in [3.63, 3.8) is 0 Å². The minimum absolute atomic E-state index is 0.0460. The highest BCUT2D eigenvalue weighted by Gasteiger charge is 2.20. The summed E-state index contributed by atoms with van der Waals surface area (Å²) in [6.45, 7) is 0.571. The molecular weight excluding hydrogens is 376 g/mol. The molecule has 2 aromatic carbocycles. The highest BCUT2D eigenvalue weighted by molar-refractivity contribution is 7.92. The van der Waals surface area contributed by atoms with E-state index in [-0.39, 0.29) is 23.1 Å². The van der Waals surface area contributed by atoms with Gasteiger partial charge in [-0.05, 0) is 55.8 Å². The van der Waals surface area contributed by atoms with E-state index >= 15 is 0 Å². The molecule has 0 radical (unpaired) electrons. The maximum absolute atomic E-state index is 12.5. The van der Waals surface area contributed by atoms with E-state index in [2.05, 4.69) is 4.74 Å². The van der Waals surface area contributed by atoms with Gasteiger partial charge < -0.3 is 9.64 Å². The fourth-order valence-corrected chi connectivity index (χ4v) is 3.46. The van der Waals surface area contributed by atoms with Gasteiger partial charge in [0.05, 0.1) is 10.1 Å². The maximum Gasteiger partial charge on any atom is 0.387 e. The molecule has 0 aliphatic carbocycles. The fraction of sp³-hybridized carbons (Fsp3) is 0.316. The van der Waals surface area contributed by atoms with E-state index < -0.39 is 21.7 Å². The molecule has 0 aromatic heterocycles. The third-order valence-electron chi connectivity index (χ3n) is 3.97. The van der Waals surface area contributed by atoms with E-state index in [9.17, 15) is 22.0 Å². The van der Waals surface area contributed by atoms with Crippen LogP contribution in [-0.2, 0) is 16.4 Å². The zero-order chi connectivity index (χ0) is 20.2. The van der Waals surface area contributed by atoms with Crippen LogP contribution in [0.1, 0.15) is 29.8 Å². The van der Waals surface area contributed by atoms with Crippen LogP contribution in [0.25, 0.3) is 0 Å². The SMILES string of the molecule is CC(C)S(=O)(=O)c1ccc(C(=O)N(C)Cc2ccc(OC(F)F)cc2)cc1. The highest BCUT2D eigenvalue weighted by atomic mass is 32.2. The lowest BCUT2D eigenvalue weighted by atomic mass is 10.1. The van der Waals surface area contributed by atoms with E-state index in [1.807, 2.05) is 0 Å². The smallest absolute Gasteiger partial charge is 0.387 e. The predicted molar refractivity (Wildman–Crippen MR) is 97.6 cm³/mol. The molecule has 0 atom stereocenters. The Balaban J connectivity index is 2.06. The van der Waals surface area contributed by atoms with Gasteiger partial charge >= 0.3 is 6.61 Å². The fourth-order valence-electron chi connectivity index (χ4n) is 2.40. The third kappa shape index (κ3) is 5.26. The Morgan fingerprint density at radius 1 is 1.04 bits per heavy atom. The molecule has 0 saturated heterocycles. The second kappa shape index (κ2) is 8.47. The van der Waals surface area contributed by atoms with Gasteiger partial charge in [-0.2, -0.15) is 8.78 Å². The molecule has 0 fully saturated rings. The maximum atomic E-state index is 12.5. The van der Waals surface area contributed by atoms with Crippen LogP contribution in [0, 0.1) is 0 Å². The molecule has 0 aliphatic rings. The Labute approximate surface area is 157 Å². The summed E-state index contributed by atoms with van der Waals surface area (Å²) in [6, 6.07) is 11.8. The predicted octanol–water partition coefficient (Wildman–Crippen LogP) is 3.74. The molecule has 5 nitrogen and oxygen atoms in total. The molecular formula is C19H21F2NO4S. The van der Waals surface area contributed by atoms with Crippen LogP contribution in [-0.4, -0.2) is 38.1 Å². The molecule has 0 heterocycles. The van der Waals surface area contributed by atoms with E-state index in [0.717, 1.165) is 5.56 Å². The topological polar surface area (TPSA) is 63.7 Å². The van der Waals surface area contributed by atoms with Crippen LogP contribution in [0.5, 0.6) is 5.75 Å². The molecule has 27 heavy (non-hydrogen) atoms. The van der Waals surface area contributed by atoms with Gasteiger partial charge in [-0.1, -0.05) is 12.1 Å². The van der Waals surface area contributed by atoms with Crippen molar-refractivity contribution in [1.29, 1.82) is 0 Å². The van der Waals surface area contributed by atoms with Gasteiger partial charge in [-0.3, -0.25) is 4.79 Å². The minimum atomic E-state index is -3.39. The number of carbonyl (C=O) groups is 1. The lowest BCUT2D eigenvalue weighted by molar-refractivity contribution is -0.0498. The first-order chi connectivity index (χ1) is 12.6. The normalized spacial score (nSPS) is 11.7. The van der Waals surface area contributed by atoms with Gasteiger partial charge in [0.15, 0.2) is 9.84 Å². The first kappa shape index (κ1) is 20.8. The lowest BCUT2D eigenvalue weighted by Crippen LogP contribution is -2.26. The standard InChI is InChI=1S/C19H21F2NO4S/c1-13(2)27(24,25)17-10-6-15(7-11-17)18(23)22(3)12-14-4-8-16(9-5-14)26-19(20)21/h4-11,13,19H,12H2,1-3H3. The van der Waals surface area contributed by atoms with Crippen molar-refractivity contribution in [2.24, 2.45) is 0 Å². The van der Waals surface area contributed by atoms with Crippen molar-refractivity contribution in [3.8, 4) is 5.75 Å². The molecule has 0 spiro atoms. The molecule has 0 saturated carbocycles. The number of hydrogen-bond acceptors (Lipinski definition) is 4. The summed E-state index contributed by atoms with van der Waals surface area (Å²) in [5.74, 6) is -0.235. The van der Waals surface area contributed by atoms with Crippen LogP contribution >= 0.6 is 0 Å². The summed E-state index contributed by atoms with van der Waals surface area (Å²) in [7, 11) is -1.79. The van der Waals surface area contributed by atoms with E-state index in [1.54, 1.807) is 33.0 Å². The Kier molecular flexibility index (Phi) is 6.54. The number of benzene rings is 2. The lowest BCUT2D eigenvalue weighted by Gasteiger charge is -2.18. The average Bonchev–Trinajstić information content (AvgIpc) is 2.62. The Morgan fingerprint density at radius 2 is 1.59 bits per heavy atom. The molecule has 0 aliphatic heterocycles. The summed E-state index contributed by atoms with van der Waals surface area (Å²) in [6.07, 6.45) is 0. The van der Waals surface area contributed by atoms with Crippen LogP contribution < -0.4 is 4.74 Å². The van der Waals surface area contributed by atoms with Crippen molar-refractivity contribution in [2.45, 2.75) is 37.1 Å². The summed E-state index contributed by atoms with van der Waals surface area (Å²) in [5, 5.41) is -0.543. The highest BCUT2D eigenvalue weighted by Crippen LogP contribution is 2.19. The van der Waals surface area contributed by atoms with Gasteiger partial charge in [0.1, 0.15) is 5.75 Å². The van der Waals surface area contributed by atoms with Crippen LogP contribution in [0.4, 0.5) is 8.78 Å². The molecule has 8 heteroatoms. The minimum Gasteiger partial charge on any atom is -0.435 e. The number of hydrogen-bond donors (Lipinski definition) is 0. The summed E-state index contributed by atoms with van der Waals surface area (Å²) in [5.41, 5.74) is 1.10. The summed E-state index contributed by atoms with van der Waals surface area (Å²) >= 11 is 0. The van der Waals surface area contributed by atoms with Gasteiger partial charge in [0.25, 0.3) is 5.91 Å². The van der Waals surface area contributed by atoms with Crippen molar-refractivity contribution < 1.29 is 26.7 Å².